The highest BCUT2D eigenvalue weighted by Gasteiger charge is 2.29. The van der Waals surface area contributed by atoms with Gasteiger partial charge < -0.3 is 9.84 Å². The zero-order valence-corrected chi connectivity index (χ0v) is 11.9. The fraction of sp³-hybridized carbons (Fsp3) is 0.385. The van der Waals surface area contributed by atoms with Gasteiger partial charge in [-0.05, 0) is 30.7 Å². The fourth-order valence-electron chi connectivity index (χ4n) is 2.28. The second-order valence-electron chi connectivity index (χ2n) is 4.83. The molecule has 0 radical (unpaired) electrons. The van der Waals surface area contributed by atoms with Crippen molar-refractivity contribution >= 4 is 23.2 Å². The number of halogens is 2. The lowest BCUT2D eigenvalue weighted by atomic mass is 9.98. The van der Waals surface area contributed by atoms with E-state index in [0.717, 1.165) is 18.7 Å². The van der Waals surface area contributed by atoms with Crippen LogP contribution in [0.2, 0.25) is 10.0 Å². The molecule has 100 valence electrons. The Hall–Kier alpha value is -1.10. The molecule has 1 aromatic heterocycles. The Morgan fingerprint density at radius 1 is 1.26 bits per heavy atom. The van der Waals surface area contributed by atoms with Crippen molar-refractivity contribution in [1.29, 1.82) is 0 Å². The molecule has 6 heteroatoms. The zero-order chi connectivity index (χ0) is 13.4. The summed E-state index contributed by atoms with van der Waals surface area (Å²) in [4.78, 5) is 4.46. The van der Waals surface area contributed by atoms with Crippen LogP contribution in [-0.2, 0) is 0 Å². The van der Waals surface area contributed by atoms with E-state index in [0.29, 0.717) is 27.7 Å². The van der Waals surface area contributed by atoms with Gasteiger partial charge in [0, 0.05) is 12.1 Å². The molecular formula is C13H13Cl2N3O. The maximum absolute atomic E-state index is 5.99. The molecular weight excluding hydrogens is 285 g/mol. The third kappa shape index (κ3) is 2.48. The smallest absolute Gasteiger partial charge is 0.231 e. The molecule has 2 aromatic rings. The van der Waals surface area contributed by atoms with Crippen LogP contribution in [0.4, 0.5) is 0 Å². The van der Waals surface area contributed by atoms with E-state index in [1.54, 1.807) is 12.1 Å². The van der Waals surface area contributed by atoms with E-state index in [9.17, 15) is 0 Å². The van der Waals surface area contributed by atoms with E-state index in [-0.39, 0.29) is 5.92 Å². The molecule has 3 rings (SSSR count). The van der Waals surface area contributed by atoms with Crippen molar-refractivity contribution in [2.75, 3.05) is 13.1 Å². The molecule has 1 aromatic carbocycles. The number of nitrogens with one attached hydrogen (secondary N) is 1. The van der Waals surface area contributed by atoms with Crippen LogP contribution in [0.25, 0.3) is 11.4 Å². The molecule has 1 fully saturated rings. The van der Waals surface area contributed by atoms with E-state index in [2.05, 4.69) is 22.4 Å². The summed E-state index contributed by atoms with van der Waals surface area (Å²) in [5, 5.41) is 8.34. The van der Waals surface area contributed by atoms with Gasteiger partial charge in [-0.1, -0.05) is 35.3 Å². The van der Waals surface area contributed by atoms with Crippen LogP contribution >= 0.6 is 23.2 Å². The van der Waals surface area contributed by atoms with Gasteiger partial charge in [0.2, 0.25) is 11.7 Å². The Morgan fingerprint density at radius 2 is 2.11 bits per heavy atom. The van der Waals surface area contributed by atoms with Crippen molar-refractivity contribution in [1.82, 2.24) is 15.5 Å². The van der Waals surface area contributed by atoms with Crippen LogP contribution in [0.3, 0.4) is 0 Å². The fourth-order valence-corrected chi connectivity index (χ4v) is 2.58. The van der Waals surface area contributed by atoms with E-state index in [1.807, 2.05) is 6.07 Å². The Labute approximate surface area is 121 Å². The van der Waals surface area contributed by atoms with Crippen molar-refractivity contribution in [2.24, 2.45) is 5.92 Å². The molecule has 0 spiro atoms. The van der Waals surface area contributed by atoms with Crippen molar-refractivity contribution in [3.63, 3.8) is 0 Å². The minimum absolute atomic E-state index is 0.282. The van der Waals surface area contributed by atoms with Gasteiger partial charge in [0.25, 0.3) is 0 Å². The van der Waals surface area contributed by atoms with Gasteiger partial charge in [0.05, 0.1) is 16.0 Å². The maximum atomic E-state index is 5.99. The van der Waals surface area contributed by atoms with Crippen LogP contribution in [0.15, 0.2) is 22.7 Å². The van der Waals surface area contributed by atoms with E-state index in [4.69, 9.17) is 27.7 Å². The molecule has 1 saturated heterocycles. The molecule has 0 aliphatic carbocycles. The highest BCUT2D eigenvalue weighted by Crippen LogP contribution is 2.30. The van der Waals surface area contributed by atoms with Gasteiger partial charge >= 0.3 is 0 Å². The normalized spacial score (nSPS) is 22.9. The molecule has 0 amide bonds. The summed E-state index contributed by atoms with van der Waals surface area (Å²) in [5.74, 6) is 2.01. The van der Waals surface area contributed by atoms with Gasteiger partial charge in [-0.25, -0.2) is 0 Å². The summed E-state index contributed by atoms with van der Waals surface area (Å²) >= 11 is 11.9. The average molecular weight is 298 g/mol. The lowest BCUT2D eigenvalue weighted by Gasteiger charge is -2.07. The van der Waals surface area contributed by atoms with Gasteiger partial charge in [0.1, 0.15) is 0 Å². The number of aromatic nitrogens is 2. The molecule has 0 unspecified atom stereocenters. The zero-order valence-electron chi connectivity index (χ0n) is 10.4. The lowest BCUT2D eigenvalue weighted by molar-refractivity contribution is 0.340. The quantitative estimate of drug-likeness (QED) is 0.923. The maximum Gasteiger partial charge on any atom is 0.231 e. The molecule has 0 bridgehead atoms. The first-order valence-corrected chi connectivity index (χ1v) is 6.90. The highest BCUT2D eigenvalue weighted by molar-refractivity contribution is 6.42. The minimum Gasteiger partial charge on any atom is -0.339 e. The van der Waals surface area contributed by atoms with Gasteiger partial charge in [-0.15, -0.1) is 0 Å². The summed E-state index contributed by atoms with van der Waals surface area (Å²) < 4.78 is 5.37. The number of hydrogen-bond donors (Lipinski definition) is 1. The van der Waals surface area contributed by atoms with E-state index < -0.39 is 0 Å². The van der Waals surface area contributed by atoms with Crippen molar-refractivity contribution in [3.8, 4) is 11.4 Å². The third-order valence-corrected chi connectivity index (χ3v) is 4.19. The van der Waals surface area contributed by atoms with Crippen molar-refractivity contribution in [2.45, 2.75) is 12.8 Å². The molecule has 1 N–H and O–H groups in total. The Balaban J connectivity index is 1.90. The van der Waals surface area contributed by atoms with Crippen LogP contribution in [0.1, 0.15) is 18.7 Å². The summed E-state index contributed by atoms with van der Waals surface area (Å²) in [6, 6.07) is 5.31. The van der Waals surface area contributed by atoms with Crippen LogP contribution < -0.4 is 5.32 Å². The highest BCUT2D eigenvalue weighted by atomic mass is 35.5. The van der Waals surface area contributed by atoms with Crippen molar-refractivity contribution < 1.29 is 4.52 Å². The molecule has 1 aliphatic heterocycles. The largest absolute Gasteiger partial charge is 0.339 e. The topological polar surface area (TPSA) is 51.0 Å². The minimum atomic E-state index is 0.282. The Kier molecular flexibility index (Phi) is 3.48. The van der Waals surface area contributed by atoms with Gasteiger partial charge in [0.15, 0.2) is 0 Å². The van der Waals surface area contributed by atoms with E-state index >= 15 is 0 Å². The van der Waals surface area contributed by atoms with Crippen LogP contribution in [0.5, 0.6) is 0 Å². The predicted octanol–water partition coefficient (Wildman–Crippen LogP) is 3.37. The SMILES string of the molecule is C[C@@H]1CNC[C@H]1c1nc(-c2ccc(Cl)c(Cl)c2)no1. The second kappa shape index (κ2) is 5.12. The van der Waals surface area contributed by atoms with Crippen LogP contribution in [-0.4, -0.2) is 23.2 Å². The number of benzene rings is 1. The summed E-state index contributed by atoms with van der Waals surface area (Å²) in [6.45, 7) is 4.03. The standard InChI is InChI=1S/C13H13Cl2N3O/c1-7-5-16-6-9(7)13-17-12(18-19-13)8-2-3-10(14)11(15)4-8/h2-4,7,9,16H,5-6H2,1H3/t7-,9-/m1/s1. The summed E-state index contributed by atoms with van der Waals surface area (Å²) in [5.41, 5.74) is 0.808. The molecule has 2 atom stereocenters. The second-order valence-corrected chi connectivity index (χ2v) is 5.64. The van der Waals surface area contributed by atoms with Crippen molar-refractivity contribution in [3.05, 3.63) is 34.1 Å². The Morgan fingerprint density at radius 3 is 2.79 bits per heavy atom. The first-order valence-electron chi connectivity index (χ1n) is 6.15. The predicted molar refractivity (Wildman–Crippen MR) is 74.5 cm³/mol. The summed E-state index contributed by atoms with van der Waals surface area (Å²) in [7, 11) is 0. The number of rotatable bonds is 2. The third-order valence-electron chi connectivity index (χ3n) is 3.45. The lowest BCUT2D eigenvalue weighted by Crippen LogP contribution is -2.08. The Bertz CT molecular complexity index is 599. The first kappa shape index (κ1) is 12.9. The first-order chi connectivity index (χ1) is 9.15. The average Bonchev–Trinajstić information content (AvgIpc) is 3.01. The summed E-state index contributed by atoms with van der Waals surface area (Å²) in [6.07, 6.45) is 0. The number of hydrogen-bond acceptors (Lipinski definition) is 4. The molecule has 4 nitrogen and oxygen atoms in total. The van der Waals surface area contributed by atoms with Gasteiger partial charge in [-0.2, -0.15) is 4.98 Å². The van der Waals surface area contributed by atoms with Crippen LogP contribution in [0, 0.1) is 5.92 Å². The molecule has 0 saturated carbocycles. The molecule has 19 heavy (non-hydrogen) atoms. The van der Waals surface area contributed by atoms with Gasteiger partial charge in [-0.3, -0.25) is 0 Å². The van der Waals surface area contributed by atoms with E-state index in [1.165, 1.54) is 0 Å². The molecule has 1 aliphatic rings. The number of nitrogens with zero attached hydrogens (tertiary/aromatic N) is 2. The monoisotopic (exact) mass is 297 g/mol. The molecule has 2 heterocycles.